The minimum atomic E-state index is -2.12. The van der Waals surface area contributed by atoms with Gasteiger partial charge >= 0.3 is 12.1 Å². The quantitative estimate of drug-likeness (QED) is 0.272. The van der Waals surface area contributed by atoms with Crippen LogP contribution < -0.4 is 16.2 Å². The molecule has 3 aromatic rings. The largest absolute Gasteiger partial charge is 0.459 e. The van der Waals surface area contributed by atoms with Crippen molar-refractivity contribution in [3.63, 3.8) is 0 Å². The number of alkyl carbamates (subject to hydrolysis) is 1. The van der Waals surface area contributed by atoms with Crippen LogP contribution in [-0.2, 0) is 42.5 Å². The summed E-state index contributed by atoms with van der Waals surface area (Å²) >= 11 is 0. The van der Waals surface area contributed by atoms with Crippen molar-refractivity contribution in [1.29, 1.82) is 0 Å². The van der Waals surface area contributed by atoms with E-state index >= 15 is 0 Å². The molecule has 11 heteroatoms. The molecule has 1 fully saturated rings. The van der Waals surface area contributed by atoms with E-state index in [1.54, 1.807) is 57.2 Å². The summed E-state index contributed by atoms with van der Waals surface area (Å²) in [5.74, 6) is -2.33. The lowest BCUT2D eigenvalue weighted by molar-refractivity contribution is -0.161. The molecule has 2 aromatic carbocycles. The highest BCUT2D eigenvalue weighted by molar-refractivity contribution is 6.11. The Morgan fingerprint density at radius 1 is 1.07 bits per heavy atom. The number of fused-ring (bicyclic) bond motifs is 1. The van der Waals surface area contributed by atoms with Crippen molar-refractivity contribution in [3.8, 4) is 0 Å². The summed E-state index contributed by atoms with van der Waals surface area (Å²) in [7, 11) is 0. The van der Waals surface area contributed by atoms with Gasteiger partial charge in [-0.25, -0.2) is 14.6 Å². The Labute approximate surface area is 230 Å². The minimum Gasteiger partial charge on any atom is -0.459 e. The highest BCUT2D eigenvalue weighted by atomic mass is 16.6. The monoisotopic (exact) mass is 548 g/mol. The zero-order valence-corrected chi connectivity index (χ0v) is 22.9. The first-order chi connectivity index (χ1) is 18.9. The maximum absolute atomic E-state index is 13.9. The van der Waals surface area contributed by atoms with Gasteiger partial charge in [-0.3, -0.25) is 24.3 Å². The van der Waals surface area contributed by atoms with E-state index in [2.05, 4.69) is 15.6 Å². The number of carbonyl (C=O) groups is 4. The fraction of sp³-hybridized carbons (Fsp3) is 0.379. The number of benzene rings is 2. The minimum absolute atomic E-state index is 0.0161. The lowest BCUT2D eigenvalue weighted by atomic mass is 9.91. The van der Waals surface area contributed by atoms with E-state index in [4.69, 9.17) is 9.47 Å². The van der Waals surface area contributed by atoms with Crippen molar-refractivity contribution in [2.75, 3.05) is 0 Å². The zero-order chi connectivity index (χ0) is 29.1. The molecule has 1 unspecified atom stereocenters. The van der Waals surface area contributed by atoms with Crippen LogP contribution in [0.4, 0.5) is 4.79 Å². The Bertz CT molecular complexity index is 1530. The molecule has 3 amide bonds. The third-order valence-corrected chi connectivity index (χ3v) is 6.44. The van der Waals surface area contributed by atoms with E-state index in [9.17, 15) is 24.0 Å². The molecule has 0 bridgehead atoms. The first-order valence-corrected chi connectivity index (χ1v) is 13.0. The SMILES string of the molecule is Cc1nc2cc(CNC(=O)OC(C)(C)C)ccc2c(=O)n1C1(C(=O)OCc2ccccc2)CCCC(=O)NC1=O. The van der Waals surface area contributed by atoms with Crippen LogP contribution in [0.15, 0.2) is 53.3 Å². The molecule has 11 nitrogen and oxygen atoms in total. The third-order valence-electron chi connectivity index (χ3n) is 6.44. The lowest BCUT2D eigenvalue weighted by Crippen LogP contribution is -2.58. The highest BCUT2D eigenvalue weighted by Gasteiger charge is 2.52. The number of aromatic nitrogens is 2. The molecule has 4 rings (SSSR count). The third kappa shape index (κ3) is 6.03. The maximum Gasteiger partial charge on any atom is 0.407 e. The fourth-order valence-electron chi connectivity index (χ4n) is 4.64. The summed E-state index contributed by atoms with van der Waals surface area (Å²) in [5, 5.41) is 5.06. The van der Waals surface area contributed by atoms with Gasteiger partial charge in [0.2, 0.25) is 11.4 Å². The number of amides is 3. The number of nitrogens with one attached hydrogen (secondary N) is 2. The van der Waals surface area contributed by atoms with Gasteiger partial charge in [0.1, 0.15) is 18.0 Å². The van der Waals surface area contributed by atoms with Crippen LogP contribution in [0.25, 0.3) is 10.9 Å². The number of carbonyl (C=O) groups excluding carboxylic acids is 4. The molecule has 210 valence electrons. The van der Waals surface area contributed by atoms with Gasteiger partial charge in [0, 0.05) is 13.0 Å². The first kappa shape index (κ1) is 28.5. The molecule has 40 heavy (non-hydrogen) atoms. The van der Waals surface area contributed by atoms with Crippen LogP contribution in [0.3, 0.4) is 0 Å². The van der Waals surface area contributed by atoms with Crippen molar-refractivity contribution < 1.29 is 28.7 Å². The maximum atomic E-state index is 13.9. The van der Waals surface area contributed by atoms with Crippen molar-refractivity contribution in [2.24, 2.45) is 0 Å². The second kappa shape index (κ2) is 11.3. The van der Waals surface area contributed by atoms with Gasteiger partial charge in [-0.1, -0.05) is 36.4 Å². The van der Waals surface area contributed by atoms with E-state index in [0.717, 1.165) is 4.57 Å². The molecule has 1 aliphatic rings. The van der Waals surface area contributed by atoms with Gasteiger partial charge in [-0.2, -0.15) is 0 Å². The number of imide groups is 1. The Hall–Kier alpha value is -4.54. The molecule has 1 aromatic heterocycles. The van der Waals surface area contributed by atoms with Gasteiger partial charge < -0.3 is 14.8 Å². The Morgan fingerprint density at radius 3 is 2.50 bits per heavy atom. The summed E-state index contributed by atoms with van der Waals surface area (Å²) in [6, 6.07) is 13.7. The second-order valence-corrected chi connectivity index (χ2v) is 10.7. The topological polar surface area (TPSA) is 146 Å². The van der Waals surface area contributed by atoms with Gasteiger partial charge in [0.25, 0.3) is 11.5 Å². The molecular weight excluding hydrogens is 516 g/mol. The van der Waals surface area contributed by atoms with Crippen molar-refractivity contribution in [3.05, 3.63) is 75.8 Å². The molecule has 2 heterocycles. The number of esters is 1. The predicted octanol–water partition coefficient (Wildman–Crippen LogP) is 3.00. The van der Waals surface area contributed by atoms with Crippen LogP contribution in [0.1, 0.15) is 57.0 Å². The van der Waals surface area contributed by atoms with E-state index in [1.807, 2.05) is 6.07 Å². The number of hydrogen-bond donors (Lipinski definition) is 2. The van der Waals surface area contributed by atoms with Gasteiger partial charge in [0.15, 0.2) is 0 Å². The molecule has 0 saturated carbocycles. The van der Waals surface area contributed by atoms with Gasteiger partial charge in [-0.15, -0.1) is 0 Å². The smallest absolute Gasteiger partial charge is 0.407 e. The molecule has 1 aliphatic heterocycles. The zero-order valence-electron chi connectivity index (χ0n) is 22.9. The first-order valence-electron chi connectivity index (χ1n) is 13.0. The molecule has 1 atom stereocenters. The summed E-state index contributed by atoms with van der Waals surface area (Å²) in [6.45, 7) is 6.80. The predicted molar refractivity (Wildman–Crippen MR) is 145 cm³/mol. The van der Waals surface area contributed by atoms with Gasteiger partial charge in [0.05, 0.1) is 10.9 Å². The Balaban J connectivity index is 1.72. The van der Waals surface area contributed by atoms with E-state index < -0.39 is 40.6 Å². The van der Waals surface area contributed by atoms with Crippen LogP contribution >= 0.6 is 0 Å². The summed E-state index contributed by atoms with van der Waals surface area (Å²) in [6.07, 6.45) is -0.513. The number of nitrogens with zero attached hydrogens (tertiary/aromatic N) is 2. The Kier molecular flexibility index (Phi) is 8.03. The van der Waals surface area contributed by atoms with Crippen molar-refractivity contribution >= 4 is 34.8 Å². The number of ether oxygens (including phenoxy) is 2. The highest BCUT2D eigenvalue weighted by Crippen LogP contribution is 2.30. The normalized spacial score (nSPS) is 17.6. The summed E-state index contributed by atoms with van der Waals surface area (Å²) < 4.78 is 11.9. The summed E-state index contributed by atoms with van der Waals surface area (Å²) in [5.41, 5.74) is -1.72. The standard InChI is InChI=1S/C29H32N4O7/c1-18-31-22-15-20(16-30-27(38)40-28(2,3)4)12-13-21(22)24(35)33(18)29(14-8-11-23(34)32-25(29)36)26(37)39-17-19-9-6-5-7-10-19/h5-7,9-10,12-13,15H,8,11,14,16-17H2,1-4H3,(H,30,38)(H,32,34,36). The van der Waals surface area contributed by atoms with Gasteiger partial charge in [-0.05, 0) is 63.8 Å². The van der Waals surface area contributed by atoms with Crippen LogP contribution in [0, 0.1) is 6.92 Å². The number of hydrogen-bond acceptors (Lipinski definition) is 8. The Morgan fingerprint density at radius 2 is 1.80 bits per heavy atom. The lowest BCUT2D eigenvalue weighted by Gasteiger charge is -2.31. The average Bonchev–Trinajstić information content (AvgIpc) is 3.03. The fourth-order valence-corrected chi connectivity index (χ4v) is 4.64. The average molecular weight is 549 g/mol. The number of rotatable bonds is 6. The van der Waals surface area contributed by atoms with E-state index in [0.29, 0.717) is 16.6 Å². The van der Waals surface area contributed by atoms with Crippen molar-refractivity contribution in [2.45, 2.75) is 71.2 Å². The molecule has 2 N–H and O–H groups in total. The summed E-state index contributed by atoms with van der Waals surface area (Å²) in [4.78, 5) is 69.8. The van der Waals surface area contributed by atoms with Crippen LogP contribution in [0.2, 0.25) is 0 Å². The molecule has 1 saturated heterocycles. The van der Waals surface area contributed by atoms with E-state index in [1.165, 1.54) is 13.0 Å². The molecule has 0 radical (unpaired) electrons. The second-order valence-electron chi connectivity index (χ2n) is 10.7. The van der Waals surface area contributed by atoms with Crippen LogP contribution in [0.5, 0.6) is 0 Å². The number of aryl methyl sites for hydroxylation is 1. The van der Waals surface area contributed by atoms with Crippen molar-refractivity contribution in [1.82, 2.24) is 20.2 Å². The molecule has 0 aliphatic carbocycles. The molecular formula is C29H32N4O7. The van der Waals surface area contributed by atoms with Crippen LogP contribution in [-0.4, -0.2) is 39.0 Å². The molecule has 0 spiro atoms. The van der Waals surface area contributed by atoms with E-state index in [-0.39, 0.29) is 43.6 Å².